The van der Waals surface area contributed by atoms with Crippen molar-refractivity contribution in [1.82, 2.24) is 9.97 Å². The maximum atomic E-state index is 10.4. The highest BCUT2D eigenvalue weighted by molar-refractivity contribution is 5.71. The van der Waals surface area contributed by atoms with E-state index in [9.17, 15) is 4.91 Å². The highest BCUT2D eigenvalue weighted by Gasteiger charge is 2.17. The molecule has 1 aliphatic heterocycles. The molecule has 0 aromatic carbocycles. The van der Waals surface area contributed by atoms with Crippen LogP contribution in [0.5, 0.6) is 0 Å². The van der Waals surface area contributed by atoms with Gasteiger partial charge in [-0.3, -0.25) is 0 Å². The number of nitrogens with zero attached hydrogens (tertiary/aromatic N) is 4. The van der Waals surface area contributed by atoms with E-state index >= 15 is 0 Å². The molecular formula is C8H12N6O2. The van der Waals surface area contributed by atoms with Crippen molar-refractivity contribution >= 4 is 23.3 Å². The van der Waals surface area contributed by atoms with Crippen molar-refractivity contribution in [2.45, 2.75) is 0 Å². The lowest BCUT2D eigenvalue weighted by Gasteiger charge is -2.26. The maximum Gasteiger partial charge on any atom is 0.229 e. The molecular weight excluding hydrogens is 212 g/mol. The quantitative estimate of drug-likeness (QED) is 0.671. The van der Waals surface area contributed by atoms with Crippen LogP contribution in [0, 0.1) is 4.91 Å². The zero-order chi connectivity index (χ0) is 11.5. The van der Waals surface area contributed by atoms with E-state index in [1.807, 2.05) is 4.90 Å². The predicted molar refractivity (Wildman–Crippen MR) is 59.3 cm³/mol. The molecule has 1 aromatic heterocycles. The molecule has 1 saturated heterocycles. The monoisotopic (exact) mass is 224 g/mol. The van der Waals surface area contributed by atoms with Gasteiger partial charge in [0.15, 0.2) is 17.3 Å². The molecule has 4 N–H and O–H groups in total. The Morgan fingerprint density at radius 3 is 2.25 bits per heavy atom. The number of aromatic nitrogens is 2. The first-order valence-electron chi connectivity index (χ1n) is 4.81. The fourth-order valence-electron chi connectivity index (χ4n) is 1.48. The van der Waals surface area contributed by atoms with Gasteiger partial charge < -0.3 is 21.1 Å². The average Bonchev–Trinajstić information content (AvgIpc) is 2.30. The minimum atomic E-state index is -0.1000. The second-order valence-corrected chi connectivity index (χ2v) is 3.33. The summed E-state index contributed by atoms with van der Waals surface area (Å²) in [6, 6.07) is 0. The molecule has 2 rings (SSSR count). The van der Waals surface area contributed by atoms with Crippen LogP contribution in [0.2, 0.25) is 0 Å². The van der Waals surface area contributed by atoms with E-state index in [4.69, 9.17) is 16.2 Å². The first-order chi connectivity index (χ1) is 7.72. The van der Waals surface area contributed by atoms with Gasteiger partial charge in [-0.15, -0.1) is 4.91 Å². The SMILES string of the molecule is Nc1nc(N2CCOCC2)nc(N)c1N=O. The number of morpholine rings is 1. The van der Waals surface area contributed by atoms with Crippen molar-refractivity contribution in [3.8, 4) is 0 Å². The minimum Gasteiger partial charge on any atom is -0.382 e. The smallest absolute Gasteiger partial charge is 0.229 e. The molecule has 0 radical (unpaired) electrons. The highest BCUT2D eigenvalue weighted by atomic mass is 16.5. The highest BCUT2D eigenvalue weighted by Crippen LogP contribution is 2.28. The summed E-state index contributed by atoms with van der Waals surface area (Å²) in [6.45, 7) is 2.56. The van der Waals surface area contributed by atoms with E-state index in [2.05, 4.69) is 15.1 Å². The van der Waals surface area contributed by atoms with Gasteiger partial charge in [0.1, 0.15) is 0 Å². The Hall–Kier alpha value is -1.96. The summed E-state index contributed by atoms with van der Waals surface area (Å²) >= 11 is 0. The van der Waals surface area contributed by atoms with Gasteiger partial charge in [0.05, 0.1) is 13.2 Å². The number of rotatable bonds is 2. The molecule has 86 valence electrons. The van der Waals surface area contributed by atoms with Crippen LogP contribution in [0.4, 0.5) is 23.3 Å². The number of nitroso groups, excluding NO2 is 1. The topological polar surface area (TPSA) is 120 Å². The maximum absolute atomic E-state index is 10.4. The van der Waals surface area contributed by atoms with Crippen molar-refractivity contribution in [3.05, 3.63) is 4.91 Å². The van der Waals surface area contributed by atoms with Gasteiger partial charge in [-0.25, -0.2) is 0 Å². The lowest BCUT2D eigenvalue weighted by Crippen LogP contribution is -2.37. The largest absolute Gasteiger partial charge is 0.382 e. The summed E-state index contributed by atoms with van der Waals surface area (Å²) < 4.78 is 5.20. The molecule has 1 aliphatic rings. The van der Waals surface area contributed by atoms with E-state index in [1.54, 1.807) is 0 Å². The molecule has 8 nitrogen and oxygen atoms in total. The molecule has 0 amide bonds. The molecule has 2 heterocycles. The molecule has 1 aromatic rings. The van der Waals surface area contributed by atoms with Gasteiger partial charge in [-0.05, 0) is 5.18 Å². The van der Waals surface area contributed by atoms with Crippen molar-refractivity contribution in [1.29, 1.82) is 0 Å². The van der Waals surface area contributed by atoms with Crippen molar-refractivity contribution in [3.63, 3.8) is 0 Å². The van der Waals surface area contributed by atoms with Gasteiger partial charge in [0.2, 0.25) is 5.95 Å². The molecule has 0 saturated carbocycles. The summed E-state index contributed by atoms with van der Waals surface area (Å²) in [7, 11) is 0. The van der Waals surface area contributed by atoms with Gasteiger partial charge in [-0.2, -0.15) is 9.97 Å². The van der Waals surface area contributed by atoms with Crippen LogP contribution in [-0.2, 0) is 4.74 Å². The zero-order valence-electron chi connectivity index (χ0n) is 8.59. The minimum absolute atomic E-state index is 0.00370. The number of nitrogen functional groups attached to an aromatic ring is 2. The Morgan fingerprint density at radius 1 is 1.19 bits per heavy atom. The molecule has 0 aliphatic carbocycles. The zero-order valence-corrected chi connectivity index (χ0v) is 8.59. The molecule has 1 fully saturated rings. The van der Waals surface area contributed by atoms with E-state index in [-0.39, 0.29) is 17.3 Å². The predicted octanol–water partition coefficient (Wildman–Crippen LogP) is -0.125. The Bertz CT molecular complexity index is 381. The third-order valence-corrected chi connectivity index (χ3v) is 2.31. The summed E-state index contributed by atoms with van der Waals surface area (Å²) in [5.74, 6) is 0.415. The number of hydrogen-bond acceptors (Lipinski definition) is 8. The van der Waals surface area contributed by atoms with Crippen LogP contribution in [-0.4, -0.2) is 36.3 Å². The van der Waals surface area contributed by atoms with Crippen LogP contribution < -0.4 is 16.4 Å². The first kappa shape index (κ1) is 10.6. The summed E-state index contributed by atoms with van der Waals surface area (Å²) in [6.07, 6.45) is 0. The average molecular weight is 224 g/mol. The molecule has 8 heteroatoms. The van der Waals surface area contributed by atoms with Gasteiger partial charge >= 0.3 is 0 Å². The van der Waals surface area contributed by atoms with Crippen LogP contribution in [0.15, 0.2) is 5.18 Å². The Balaban J connectivity index is 2.31. The number of ether oxygens (including phenoxy) is 1. The van der Waals surface area contributed by atoms with E-state index < -0.39 is 0 Å². The molecule has 16 heavy (non-hydrogen) atoms. The number of anilines is 3. The molecule has 0 spiro atoms. The summed E-state index contributed by atoms with van der Waals surface area (Å²) in [5.41, 5.74) is 11.0. The Labute approximate surface area is 91.6 Å². The second kappa shape index (κ2) is 4.27. The van der Waals surface area contributed by atoms with Crippen LogP contribution in [0.3, 0.4) is 0 Å². The van der Waals surface area contributed by atoms with Crippen molar-refractivity contribution in [2.24, 2.45) is 5.18 Å². The lowest BCUT2D eigenvalue weighted by atomic mass is 10.4. The third-order valence-electron chi connectivity index (χ3n) is 2.31. The number of hydrogen-bond donors (Lipinski definition) is 2. The Kier molecular flexibility index (Phi) is 2.82. The third kappa shape index (κ3) is 1.87. The van der Waals surface area contributed by atoms with E-state index in [0.29, 0.717) is 32.3 Å². The molecule has 0 atom stereocenters. The first-order valence-corrected chi connectivity index (χ1v) is 4.81. The molecule has 0 bridgehead atoms. The standard InChI is InChI=1S/C8H12N6O2/c9-6-5(13-15)7(10)12-8(11-6)14-1-3-16-4-2-14/h1-4H2,(H4,9,10,11,12). The van der Waals surface area contributed by atoms with Gasteiger partial charge in [-0.1, -0.05) is 0 Å². The normalized spacial score (nSPS) is 16.1. The number of nitrogens with two attached hydrogens (primary N) is 2. The van der Waals surface area contributed by atoms with Gasteiger partial charge in [0, 0.05) is 13.1 Å². The fourth-order valence-corrected chi connectivity index (χ4v) is 1.48. The van der Waals surface area contributed by atoms with Crippen molar-refractivity contribution < 1.29 is 4.74 Å². The lowest BCUT2D eigenvalue weighted by molar-refractivity contribution is 0.122. The van der Waals surface area contributed by atoms with Crippen LogP contribution in [0.25, 0.3) is 0 Å². The molecule has 0 unspecified atom stereocenters. The van der Waals surface area contributed by atoms with Crippen molar-refractivity contribution in [2.75, 3.05) is 42.7 Å². The van der Waals surface area contributed by atoms with E-state index in [1.165, 1.54) is 0 Å². The van der Waals surface area contributed by atoms with Gasteiger partial charge in [0.25, 0.3) is 0 Å². The fraction of sp³-hybridized carbons (Fsp3) is 0.500. The summed E-state index contributed by atoms with van der Waals surface area (Å²) in [4.78, 5) is 20.3. The summed E-state index contributed by atoms with van der Waals surface area (Å²) in [5, 5.41) is 2.69. The second-order valence-electron chi connectivity index (χ2n) is 3.33. The van der Waals surface area contributed by atoms with E-state index in [0.717, 1.165) is 0 Å². The van der Waals surface area contributed by atoms with Crippen LogP contribution in [0.1, 0.15) is 0 Å². The Morgan fingerprint density at radius 2 is 1.75 bits per heavy atom. The van der Waals surface area contributed by atoms with Crippen LogP contribution >= 0.6 is 0 Å².